The summed E-state index contributed by atoms with van der Waals surface area (Å²) >= 11 is 0. The SMILES string of the molecule is CCNc1cc(-c2ccccc2C)cc(-c2cc(C)ccc2O)n1. The number of nitrogens with one attached hydrogen (secondary N) is 1. The van der Waals surface area contributed by atoms with E-state index in [1.807, 2.05) is 44.2 Å². The van der Waals surface area contributed by atoms with Gasteiger partial charge in [-0.05, 0) is 61.7 Å². The third kappa shape index (κ3) is 3.25. The molecule has 2 N–H and O–H groups in total. The number of anilines is 1. The smallest absolute Gasteiger partial charge is 0.127 e. The van der Waals surface area contributed by atoms with Gasteiger partial charge < -0.3 is 10.4 Å². The van der Waals surface area contributed by atoms with E-state index in [1.54, 1.807) is 6.07 Å². The Hall–Kier alpha value is -2.81. The number of aryl methyl sites for hydroxylation is 2. The quantitative estimate of drug-likeness (QED) is 0.697. The summed E-state index contributed by atoms with van der Waals surface area (Å²) in [4.78, 5) is 4.68. The molecule has 1 heterocycles. The van der Waals surface area contributed by atoms with E-state index in [0.717, 1.165) is 34.7 Å². The van der Waals surface area contributed by atoms with Crippen LogP contribution in [0, 0.1) is 13.8 Å². The first-order valence-electron chi connectivity index (χ1n) is 8.20. The zero-order valence-corrected chi connectivity index (χ0v) is 14.3. The predicted molar refractivity (Wildman–Crippen MR) is 100 cm³/mol. The fourth-order valence-corrected chi connectivity index (χ4v) is 2.85. The Labute approximate surface area is 143 Å². The molecule has 0 aliphatic rings. The van der Waals surface area contributed by atoms with Crippen LogP contribution in [0.4, 0.5) is 5.82 Å². The van der Waals surface area contributed by atoms with Crippen LogP contribution in [-0.4, -0.2) is 16.6 Å². The summed E-state index contributed by atoms with van der Waals surface area (Å²) in [6.45, 7) is 6.96. The van der Waals surface area contributed by atoms with Crippen molar-refractivity contribution < 1.29 is 5.11 Å². The molecule has 0 radical (unpaired) electrons. The standard InChI is InChI=1S/C21H22N2O/c1-4-22-21-13-16(17-8-6-5-7-15(17)3)12-19(23-21)18-11-14(2)9-10-20(18)24/h5-13,24H,4H2,1-3H3,(H,22,23). The van der Waals surface area contributed by atoms with Crippen LogP contribution < -0.4 is 5.32 Å². The molecule has 0 aliphatic heterocycles. The third-order valence-corrected chi connectivity index (χ3v) is 4.07. The fraction of sp³-hybridized carbons (Fsp3) is 0.190. The van der Waals surface area contributed by atoms with Gasteiger partial charge in [-0.3, -0.25) is 0 Å². The average Bonchev–Trinajstić information content (AvgIpc) is 2.57. The Bertz CT molecular complexity index is 871. The number of aromatic nitrogens is 1. The summed E-state index contributed by atoms with van der Waals surface area (Å²) in [5, 5.41) is 13.6. The molecule has 0 fully saturated rings. The zero-order chi connectivity index (χ0) is 17.1. The van der Waals surface area contributed by atoms with Crippen LogP contribution in [0.3, 0.4) is 0 Å². The van der Waals surface area contributed by atoms with Crippen molar-refractivity contribution in [3.05, 3.63) is 65.7 Å². The van der Waals surface area contributed by atoms with Crippen molar-refractivity contribution in [2.45, 2.75) is 20.8 Å². The van der Waals surface area contributed by atoms with E-state index in [0.29, 0.717) is 0 Å². The van der Waals surface area contributed by atoms with Crippen LogP contribution in [-0.2, 0) is 0 Å². The second kappa shape index (κ2) is 6.75. The molecule has 122 valence electrons. The number of nitrogens with zero attached hydrogens (tertiary/aromatic N) is 1. The van der Waals surface area contributed by atoms with E-state index >= 15 is 0 Å². The second-order valence-corrected chi connectivity index (χ2v) is 5.99. The van der Waals surface area contributed by atoms with Crippen LogP contribution >= 0.6 is 0 Å². The summed E-state index contributed by atoms with van der Waals surface area (Å²) in [6, 6.07) is 18.0. The van der Waals surface area contributed by atoms with Gasteiger partial charge in [0.1, 0.15) is 11.6 Å². The van der Waals surface area contributed by atoms with Gasteiger partial charge in [0, 0.05) is 12.1 Å². The highest BCUT2D eigenvalue weighted by Gasteiger charge is 2.11. The van der Waals surface area contributed by atoms with Gasteiger partial charge in [-0.25, -0.2) is 4.98 Å². The summed E-state index contributed by atoms with van der Waals surface area (Å²) in [6.07, 6.45) is 0. The van der Waals surface area contributed by atoms with Crippen molar-refractivity contribution in [1.29, 1.82) is 0 Å². The molecule has 0 amide bonds. The van der Waals surface area contributed by atoms with E-state index in [1.165, 1.54) is 11.1 Å². The maximum absolute atomic E-state index is 10.3. The molecule has 3 nitrogen and oxygen atoms in total. The van der Waals surface area contributed by atoms with Crippen molar-refractivity contribution in [3.8, 4) is 28.1 Å². The van der Waals surface area contributed by atoms with E-state index in [9.17, 15) is 5.11 Å². The molecule has 24 heavy (non-hydrogen) atoms. The predicted octanol–water partition coefficient (Wildman–Crippen LogP) is 5.17. The monoisotopic (exact) mass is 318 g/mol. The van der Waals surface area contributed by atoms with Crippen LogP contribution in [0.25, 0.3) is 22.4 Å². The zero-order valence-electron chi connectivity index (χ0n) is 14.3. The Kier molecular flexibility index (Phi) is 4.52. The fourth-order valence-electron chi connectivity index (χ4n) is 2.85. The van der Waals surface area contributed by atoms with Gasteiger partial charge in [-0.15, -0.1) is 0 Å². The molecule has 0 atom stereocenters. The molecule has 0 saturated carbocycles. The van der Waals surface area contributed by atoms with Crippen molar-refractivity contribution in [1.82, 2.24) is 4.98 Å². The van der Waals surface area contributed by atoms with E-state index < -0.39 is 0 Å². The van der Waals surface area contributed by atoms with Crippen molar-refractivity contribution in [2.24, 2.45) is 0 Å². The molecule has 3 heteroatoms. The minimum absolute atomic E-state index is 0.248. The number of rotatable bonds is 4. The highest BCUT2D eigenvalue weighted by molar-refractivity contribution is 5.77. The number of phenolic OH excluding ortho intramolecular Hbond substituents is 1. The second-order valence-electron chi connectivity index (χ2n) is 5.99. The van der Waals surface area contributed by atoms with Crippen LogP contribution in [0.1, 0.15) is 18.1 Å². The Morgan fingerprint density at radius 2 is 1.75 bits per heavy atom. The third-order valence-electron chi connectivity index (χ3n) is 4.07. The highest BCUT2D eigenvalue weighted by atomic mass is 16.3. The van der Waals surface area contributed by atoms with Gasteiger partial charge in [0.25, 0.3) is 0 Å². The molecule has 3 rings (SSSR count). The maximum Gasteiger partial charge on any atom is 0.127 e. The molecule has 0 spiro atoms. The first-order valence-corrected chi connectivity index (χ1v) is 8.20. The minimum atomic E-state index is 0.248. The maximum atomic E-state index is 10.3. The number of aromatic hydroxyl groups is 1. The first kappa shape index (κ1) is 16.1. The molecule has 0 bridgehead atoms. The molecule has 0 saturated heterocycles. The lowest BCUT2D eigenvalue weighted by Gasteiger charge is -2.13. The molecule has 0 aliphatic carbocycles. The molecule has 1 aromatic heterocycles. The van der Waals surface area contributed by atoms with E-state index in [2.05, 4.69) is 35.4 Å². The lowest BCUT2D eigenvalue weighted by molar-refractivity contribution is 0.477. The molecular formula is C21H22N2O. The largest absolute Gasteiger partial charge is 0.507 e. The summed E-state index contributed by atoms with van der Waals surface area (Å²) < 4.78 is 0. The normalized spacial score (nSPS) is 10.6. The Morgan fingerprint density at radius 1 is 0.958 bits per heavy atom. The van der Waals surface area contributed by atoms with Gasteiger partial charge in [-0.2, -0.15) is 0 Å². The summed E-state index contributed by atoms with van der Waals surface area (Å²) in [5.74, 6) is 1.06. The Balaban J connectivity index is 2.20. The first-order chi connectivity index (χ1) is 11.6. The van der Waals surface area contributed by atoms with Crippen LogP contribution in [0.5, 0.6) is 5.75 Å². The summed E-state index contributed by atoms with van der Waals surface area (Å²) in [7, 11) is 0. The van der Waals surface area contributed by atoms with E-state index in [4.69, 9.17) is 0 Å². The average molecular weight is 318 g/mol. The molecule has 2 aromatic carbocycles. The lowest BCUT2D eigenvalue weighted by atomic mass is 9.98. The molecule has 3 aromatic rings. The number of hydrogen-bond donors (Lipinski definition) is 2. The number of hydrogen-bond acceptors (Lipinski definition) is 3. The van der Waals surface area contributed by atoms with Gasteiger partial charge in [0.15, 0.2) is 0 Å². The van der Waals surface area contributed by atoms with Crippen LogP contribution in [0.15, 0.2) is 54.6 Å². The van der Waals surface area contributed by atoms with Gasteiger partial charge in [-0.1, -0.05) is 35.9 Å². The van der Waals surface area contributed by atoms with Gasteiger partial charge in [0.05, 0.1) is 5.69 Å². The van der Waals surface area contributed by atoms with Crippen molar-refractivity contribution in [2.75, 3.05) is 11.9 Å². The lowest BCUT2D eigenvalue weighted by Crippen LogP contribution is -2.01. The van der Waals surface area contributed by atoms with Gasteiger partial charge in [0.2, 0.25) is 0 Å². The topological polar surface area (TPSA) is 45.1 Å². The van der Waals surface area contributed by atoms with Crippen molar-refractivity contribution in [3.63, 3.8) is 0 Å². The van der Waals surface area contributed by atoms with Gasteiger partial charge >= 0.3 is 0 Å². The molecule has 0 unspecified atom stereocenters. The Morgan fingerprint density at radius 3 is 2.50 bits per heavy atom. The van der Waals surface area contributed by atoms with E-state index in [-0.39, 0.29) is 5.75 Å². The van der Waals surface area contributed by atoms with Crippen molar-refractivity contribution >= 4 is 5.82 Å². The summed E-state index contributed by atoms with van der Waals surface area (Å²) in [5.41, 5.74) is 6.10. The highest BCUT2D eigenvalue weighted by Crippen LogP contribution is 2.34. The number of pyridine rings is 1. The van der Waals surface area contributed by atoms with Crippen LogP contribution in [0.2, 0.25) is 0 Å². The molecular weight excluding hydrogens is 296 g/mol. The number of phenols is 1. The minimum Gasteiger partial charge on any atom is -0.507 e. The number of benzene rings is 2.